The number of aromatic hydroxyl groups is 1. The molecule has 0 heterocycles. The van der Waals surface area contributed by atoms with Crippen molar-refractivity contribution in [2.75, 3.05) is 23.3 Å². The highest BCUT2D eigenvalue weighted by Crippen LogP contribution is 2.36. The minimum Gasteiger partial charge on any atom is -0.506 e. The van der Waals surface area contributed by atoms with Gasteiger partial charge in [-0.25, -0.2) is 0 Å². The number of rotatable bonds is 11. The Morgan fingerprint density at radius 3 is 1.80 bits per heavy atom. The lowest BCUT2D eigenvalue weighted by atomic mass is 9.94. The lowest BCUT2D eigenvalue weighted by Crippen LogP contribution is -2.28. The van der Waals surface area contributed by atoms with Crippen molar-refractivity contribution in [3.8, 4) is 22.6 Å². The number of ether oxygens (including phenoxy) is 1. The van der Waals surface area contributed by atoms with Crippen molar-refractivity contribution in [3.63, 3.8) is 0 Å². The van der Waals surface area contributed by atoms with Gasteiger partial charge in [0.2, 0.25) is 11.6 Å². The maximum absolute atomic E-state index is 13.6. The first-order chi connectivity index (χ1) is 28.3. The zero-order valence-corrected chi connectivity index (χ0v) is 33.0. The van der Waals surface area contributed by atoms with E-state index in [2.05, 4.69) is 26.4 Å². The molecular weight excluding hydrogens is 843 g/mol. The number of methoxy groups -OCH3 is 1. The fourth-order valence-corrected chi connectivity index (χ4v) is 8.31. The Hall–Kier alpha value is -7.01. The van der Waals surface area contributed by atoms with Crippen LogP contribution in [-0.2, 0) is 30.4 Å². The van der Waals surface area contributed by atoms with Crippen molar-refractivity contribution >= 4 is 88.2 Å². The third kappa shape index (κ3) is 8.29. The van der Waals surface area contributed by atoms with Crippen LogP contribution in [0.5, 0.6) is 11.5 Å². The van der Waals surface area contributed by atoms with Gasteiger partial charge in [-0.05, 0) is 95.1 Å². The minimum absolute atomic E-state index is 0.130. The van der Waals surface area contributed by atoms with E-state index in [1.807, 2.05) is 30.3 Å². The monoisotopic (exact) mass is 871 g/mol. The second-order valence-electron chi connectivity index (χ2n) is 12.9. The van der Waals surface area contributed by atoms with Gasteiger partial charge in [0.1, 0.15) is 26.2 Å². The van der Waals surface area contributed by atoms with Gasteiger partial charge in [0.05, 0.1) is 24.0 Å². The molecular formula is C39H29N5O13S3. The Bertz CT molecular complexity index is 3130. The zero-order valence-electron chi connectivity index (χ0n) is 30.6. The topological polar surface area (TPSA) is 288 Å². The highest BCUT2D eigenvalue weighted by molar-refractivity contribution is 7.91. The van der Waals surface area contributed by atoms with Gasteiger partial charge < -0.3 is 15.2 Å². The van der Waals surface area contributed by atoms with Crippen LogP contribution >= 0.6 is 0 Å². The predicted octanol–water partition coefficient (Wildman–Crippen LogP) is 5.84. The molecule has 0 aliphatic heterocycles. The summed E-state index contributed by atoms with van der Waals surface area (Å²) >= 11 is 0. The second-order valence-corrected chi connectivity index (χ2v) is 17.1. The van der Waals surface area contributed by atoms with Gasteiger partial charge >= 0.3 is 0 Å². The molecule has 7 N–H and O–H groups in total. The Kier molecular flexibility index (Phi) is 10.7. The normalized spacial score (nSPS) is 15.5. The lowest BCUT2D eigenvalue weighted by molar-refractivity contribution is 0.105. The molecule has 5 aromatic rings. The molecule has 0 saturated heterocycles. The summed E-state index contributed by atoms with van der Waals surface area (Å²) in [6.07, 6.45) is 1.94. The molecule has 2 aliphatic rings. The minimum atomic E-state index is -5.10. The quantitative estimate of drug-likeness (QED) is 0.0466. The number of hydrogen-bond acceptors (Lipinski definition) is 15. The maximum atomic E-state index is 13.6. The predicted molar refractivity (Wildman–Crippen MR) is 222 cm³/mol. The van der Waals surface area contributed by atoms with Crippen LogP contribution in [0.2, 0.25) is 0 Å². The van der Waals surface area contributed by atoms with Gasteiger partial charge in [-0.1, -0.05) is 42.5 Å². The van der Waals surface area contributed by atoms with E-state index in [1.54, 1.807) is 18.2 Å². The average Bonchev–Trinajstić information content (AvgIpc) is 3.19. The van der Waals surface area contributed by atoms with E-state index in [9.17, 15) is 53.6 Å². The van der Waals surface area contributed by atoms with Crippen LogP contribution in [0.15, 0.2) is 128 Å². The number of anilines is 4. The number of para-hydroxylation sites is 1. The van der Waals surface area contributed by atoms with E-state index in [4.69, 9.17) is 4.74 Å². The van der Waals surface area contributed by atoms with E-state index in [0.717, 1.165) is 30.0 Å². The van der Waals surface area contributed by atoms with E-state index in [0.29, 0.717) is 16.8 Å². The van der Waals surface area contributed by atoms with Crippen LogP contribution in [-0.4, -0.2) is 74.1 Å². The molecule has 0 unspecified atom stereocenters. The number of allylic oxidation sites excluding steroid dienone is 2. The number of carbonyl (C=O) groups excluding carboxylic acids is 2. The van der Waals surface area contributed by atoms with Gasteiger partial charge in [0.15, 0.2) is 11.4 Å². The standard InChI is InChI=1S/C39H29N5O13S3/c1-57-31-18-22(11-15-29(31)42-43-36-34(60(54,55)56)20-24-16-26(12-13-27(24)38(36)46)40-25-7-3-2-4-8-25)21-10-14-28(30(45)17-21)41-44-37-33(59(51,52)53)19-23-6-5-9-32(58(48,49)50)35(23)39(37)47/h2-20,40-42,45H,1H3,(H,48,49,50)(H,51,52,53)(H,54,55,56)/b43-36+,44-37?. The van der Waals surface area contributed by atoms with Crippen molar-refractivity contribution in [2.45, 2.75) is 4.90 Å². The van der Waals surface area contributed by atoms with Crippen molar-refractivity contribution in [1.82, 2.24) is 0 Å². The summed E-state index contributed by atoms with van der Waals surface area (Å²) in [5.41, 5.74) is 5.13. The summed E-state index contributed by atoms with van der Waals surface area (Å²) in [4.78, 5) is 24.4. The van der Waals surface area contributed by atoms with Crippen LogP contribution in [0.25, 0.3) is 23.3 Å². The first-order valence-electron chi connectivity index (χ1n) is 17.1. The molecule has 0 saturated carbocycles. The number of carbonyl (C=O) groups is 2. The molecule has 0 fully saturated rings. The molecule has 21 heteroatoms. The molecule has 60 heavy (non-hydrogen) atoms. The van der Waals surface area contributed by atoms with E-state index in [1.165, 1.54) is 49.6 Å². The summed E-state index contributed by atoms with van der Waals surface area (Å²) in [5, 5.41) is 21.9. The number of benzene rings is 5. The van der Waals surface area contributed by atoms with Crippen molar-refractivity contribution in [3.05, 3.63) is 135 Å². The number of ketones is 2. The van der Waals surface area contributed by atoms with Gasteiger partial charge in [0, 0.05) is 16.9 Å². The second kappa shape index (κ2) is 15.6. The molecule has 0 spiro atoms. The number of fused-ring (bicyclic) bond motifs is 2. The lowest BCUT2D eigenvalue weighted by Gasteiger charge is -2.18. The molecule has 306 valence electrons. The summed E-state index contributed by atoms with van der Waals surface area (Å²) < 4.78 is 108. The van der Waals surface area contributed by atoms with Crippen LogP contribution in [0.3, 0.4) is 0 Å². The Morgan fingerprint density at radius 2 is 1.18 bits per heavy atom. The Balaban J connectivity index is 1.14. The third-order valence-corrected chi connectivity index (χ3v) is 11.7. The highest BCUT2D eigenvalue weighted by Gasteiger charge is 2.37. The molecule has 0 aromatic heterocycles. The highest BCUT2D eigenvalue weighted by atomic mass is 32.2. The number of hydrogen-bond donors (Lipinski definition) is 7. The number of nitrogens with zero attached hydrogens (tertiary/aromatic N) is 2. The number of phenols is 1. The maximum Gasteiger partial charge on any atom is 0.296 e. The van der Waals surface area contributed by atoms with E-state index >= 15 is 0 Å². The van der Waals surface area contributed by atoms with Gasteiger partial charge in [-0.2, -0.15) is 35.5 Å². The van der Waals surface area contributed by atoms with E-state index < -0.39 is 79.4 Å². The third-order valence-electron chi connectivity index (χ3n) is 9.06. The molecule has 0 atom stereocenters. The number of Topliss-reactive ketones (excluding diaryl/α,β-unsaturated/α-hetero) is 2. The molecule has 0 amide bonds. The van der Waals surface area contributed by atoms with Gasteiger partial charge in [-0.15, -0.1) is 0 Å². The number of hydrazone groups is 2. The molecule has 18 nitrogen and oxygen atoms in total. The van der Waals surface area contributed by atoms with E-state index in [-0.39, 0.29) is 33.8 Å². The summed E-state index contributed by atoms with van der Waals surface area (Å²) in [6, 6.07) is 25.7. The van der Waals surface area contributed by atoms with Crippen LogP contribution in [0.1, 0.15) is 31.8 Å². The largest absolute Gasteiger partial charge is 0.506 e. The van der Waals surface area contributed by atoms with Crippen LogP contribution < -0.4 is 20.9 Å². The molecule has 7 rings (SSSR count). The van der Waals surface area contributed by atoms with Crippen molar-refractivity contribution < 1.29 is 58.3 Å². The van der Waals surface area contributed by atoms with Crippen LogP contribution in [0.4, 0.5) is 22.7 Å². The smallest absolute Gasteiger partial charge is 0.296 e. The Morgan fingerprint density at radius 1 is 0.583 bits per heavy atom. The molecule has 0 bridgehead atoms. The van der Waals surface area contributed by atoms with Gasteiger partial charge in [-0.3, -0.25) is 34.1 Å². The fourth-order valence-electron chi connectivity index (χ4n) is 6.28. The SMILES string of the molecule is COc1cc(-c2ccc(NN=C3C(=O)c4c(cccc4S(=O)(=O)O)C=C3S(=O)(=O)O)c(O)c2)ccc1N/N=C1/C(=O)c2ccc(Nc3ccccc3)cc2C=C1S(=O)(=O)O. The van der Waals surface area contributed by atoms with Gasteiger partial charge in [0.25, 0.3) is 30.4 Å². The fraction of sp³-hybridized carbons (Fsp3) is 0.0256. The summed E-state index contributed by atoms with van der Waals surface area (Å²) in [7, 11) is -13.7. The first-order valence-corrected chi connectivity index (χ1v) is 21.4. The zero-order chi connectivity index (χ0) is 43.1. The van der Waals surface area contributed by atoms with Crippen molar-refractivity contribution in [2.24, 2.45) is 10.2 Å². The van der Waals surface area contributed by atoms with Crippen molar-refractivity contribution in [1.29, 1.82) is 0 Å². The molecule has 2 aliphatic carbocycles. The summed E-state index contributed by atoms with van der Waals surface area (Å²) in [6.45, 7) is 0. The number of phenolic OH excluding ortho intramolecular Hbond substituents is 1. The first kappa shape index (κ1) is 41.2. The molecule has 0 radical (unpaired) electrons. The summed E-state index contributed by atoms with van der Waals surface area (Å²) in [5.74, 6) is -2.37. The number of nitrogens with one attached hydrogen (secondary N) is 3. The Labute approximate surface area is 341 Å². The molecule has 5 aromatic carbocycles. The average molecular weight is 872 g/mol. The van der Waals surface area contributed by atoms with Crippen LogP contribution in [0, 0.1) is 0 Å².